The van der Waals surface area contributed by atoms with Crippen LogP contribution in [0.25, 0.3) is 0 Å². The Kier molecular flexibility index (Phi) is 5.81. The highest BCUT2D eigenvalue weighted by molar-refractivity contribution is 5.91. The summed E-state index contributed by atoms with van der Waals surface area (Å²) in [5, 5.41) is 11.4. The molecule has 0 unspecified atom stereocenters. The number of benzene rings is 1. The molecule has 0 aliphatic carbocycles. The number of ether oxygens (including phenoxy) is 1. The Balaban J connectivity index is 2.49. The van der Waals surface area contributed by atoms with Crippen molar-refractivity contribution in [2.45, 2.75) is 6.42 Å². The smallest absolute Gasteiger partial charge is 0.335 e. The molecule has 2 amide bonds. The van der Waals surface area contributed by atoms with Gasteiger partial charge in [0, 0.05) is 33.0 Å². The predicted molar refractivity (Wildman–Crippen MR) is 71.5 cm³/mol. The lowest BCUT2D eigenvalue weighted by Gasteiger charge is -2.17. The maximum absolute atomic E-state index is 11.8. The Labute approximate surface area is 112 Å². The third-order valence-electron chi connectivity index (χ3n) is 2.57. The number of hydrogen-bond acceptors (Lipinski definition) is 3. The van der Waals surface area contributed by atoms with Crippen LogP contribution in [0.2, 0.25) is 0 Å². The van der Waals surface area contributed by atoms with Crippen LogP contribution in [0.5, 0.6) is 0 Å². The molecule has 0 saturated carbocycles. The lowest BCUT2D eigenvalue weighted by molar-refractivity contribution is 0.0697. The molecule has 0 heterocycles. The highest BCUT2D eigenvalue weighted by Crippen LogP contribution is 2.10. The highest BCUT2D eigenvalue weighted by Gasteiger charge is 2.09. The van der Waals surface area contributed by atoms with E-state index in [1.165, 1.54) is 12.1 Å². The quantitative estimate of drug-likeness (QED) is 0.771. The average Bonchev–Trinajstić information content (AvgIpc) is 2.39. The Hall–Kier alpha value is -2.08. The highest BCUT2D eigenvalue weighted by atomic mass is 16.5. The van der Waals surface area contributed by atoms with Gasteiger partial charge in [-0.25, -0.2) is 9.59 Å². The number of carbonyl (C=O) groups is 2. The predicted octanol–water partition coefficient (Wildman–Crippen LogP) is 1.89. The van der Waals surface area contributed by atoms with Gasteiger partial charge in [0.25, 0.3) is 0 Å². The van der Waals surface area contributed by atoms with E-state index in [1.807, 2.05) is 0 Å². The minimum Gasteiger partial charge on any atom is -0.478 e. The van der Waals surface area contributed by atoms with Gasteiger partial charge < -0.3 is 20.1 Å². The summed E-state index contributed by atoms with van der Waals surface area (Å²) >= 11 is 0. The van der Waals surface area contributed by atoms with Crippen molar-refractivity contribution in [1.82, 2.24) is 4.90 Å². The fraction of sp³-hybridized carbons (Fsp3) is 0.385. The zero-order valence-corrected chi connectivity index (χ0v) is 11.0. The molecule has 0 fully saturated rings. The van der Waals surface area contributed by atoms with Crippen LogP contribution in [0, 0.1) is 0 Å². The Morgan fingerprint density at radius 3 is 2.47 bits per heavy atom. The molecular weight excluding hydrogens is 248 g/mol. The first kappa shape index (κ1) is 15.0. The number of nitrogens with one attached hydrogen (secondary N) is 1. The van der Waals surface area contributed by atoms with Crippen molar-refractivity contribution in [1.29, 1.82) is 0 Å². The SMILES string of the molecule is COCCCN(C)C(=O)Nc1ccc(C(=O)O)cc1. The van der Waals surface area contributed by atoms with Gasteiger partial charge in [-0.3, -0.25) is 0 Å². The van der Waals surface area contributed by atoms with Crippen molar-refractivity contribution < 1.29 is 19.4 Å². The van der Waals surface area contributed by atoms with Crippen molar-refractivity contribution in [2.75, 3.05) is 32.6 Å². The molecule has 0 aliphatic heterocycles. The van der Waals surface area contributed by atoms with Crippen molar-refractivity contribution in [2.24, 2.45) is 0 Å². The molecule has 6 nitrogen and oxygen atoms in total. The van der Waals surface area contributed by atoms with Crippen LogP contribution < -0.4 is 5.32 Å². The number of amides is 2. The van der Waals surface area contributed by atoms with E-state index in [2.05, 4.69) is 5.32 Å². The first-order valence-corrected chi connectivity index (χ1v) is 5.89. The fourth-order valence-electron chi connectivity index (χ4n) is 1.46. The van der Waals surface area contributed by atoms with Gasteiger partial charge in [-0.15, -0.1) is 0 Å². The second kappa shape index (κ2) is 7.38. The number of nitrogens with zero attached hydrogens (tertiary/aromatic N) is 1. The Bertz CT molecular complexity index is 431. The third-order valence-corrected chi connectivity index (χ3v) is 2.57. The number of aromatic carboxylic acids is 1. The maximum atomic E-state index is 11.8. The number of rotatable bonds is 6. The lowest BCUT2D eigenvalue weighted by atomic mass is 10.2. The van der Waals surface area contributed by atoms with Gasteiger partial charge >= 0.3 is 12.0 Å². The topological polar surface area (TPSA) is 78.9 Å². The fourth-order valence-corrected chi connectivity index (χ4v) is 1.46. The zero-order chi connectivity index (χ0) is 14.3. The number of carboxylic acid groups (broad SMARTS) is 1. The van der Waals surface area contributed by atoms with Crippen LogP contribution in [0.15, 0.2) is 24.3 Å². The van der Waals surface area contributed by atoms with Gasteiger partial charge in [-0.1, -0.05) is 0 Å². The van der Waals surface area contributed by atoms with Gasteiger partial charge in [0.1, 0.15) is 0 Å². The van der Waals surface area contributed by atoms with Crippen LogP contribution in [0.1, 0.15) is 16.8 Å². The molecular formula is C13H18N2O4. The van der Waals surface area contributed by atoms with E-state index in [0.717, 1.165) is 6.42 Å². The van der Waals surface area contributed by atoms with E-state index < -0.39 is 5.97 Å². The molecule has 1 aromatic rings. The molecule has 0 radical (unpaired) electrons. The molecule has 104 valence electrons. The number of carbonyl (C=O) groups excluding carboxylic acids is 1. The molecule has 19 heavy (non-hydrogen) atoms. The first-order chi connectivity index (χ1) is 9.04. The molecule has 0 atom stereocenters. The Morgan fingerprint density at radius 2 is 1.95 bits per heavy atom. The van der Waals surface area contributed by atoms with Gasteiger partial charge in [0.15, 0.2) is 0 Å². The summed E-state index contributed by atoms with van der Waals surface area (Å²) < 4.78 is 4.91. The molecule has 1 rings (SSSR count). The van der Waals surface area contributed by atoms with Crippen molar-refractivity contribution in [3.63, 3.8) is 0 Å². The number of anilines is 1. The minimum absolute atomic E-state index is 0.187. The number of carboxylic acids is 1. The normalized spacial score (nSPS) is 10.0. The summed E-state index contributed by atoms with van der Waals surface area (Å²) in [6.45, 7) is 1.19. The van der Waals surface area contributed by atoms with Crippen molar-refractivity contribution in [3.05, 3.63) is 29.8 Å². The van der Waals surface area contributed by atoms with Crippen molar-refractivity contribution >= 4 is 17.7 Å². The summed E-state index contributed by atoms with van der Waals surface area (Å²) in [6, 6.07) is 5.78. The summed E-state index contributed by atoms with van der Waals surface area (Å²) in [7, 11) is 3.31. The van der Waals surface area contributed by atoms with E-state index in [-0.39, 0.29) is 11.6 Å². The summed E-state index contributed by atoms with van der Waals surface area (Å²) in [4.78, 5) is 24.0. The van der Waals surface area contributed by atoms with Crippen LogP contribution in [0.3, 0.4) is 0 Å². The molecule has 1 aromatic carbocycles. The molecule has 2 N–H and O–H groups in total. The average molecular weight is 266 g/mol. The first-order valence-electron chi connectivity index (χ1n) is 5.89. The van der Waals surface area contributed by atoms with Gasteiger partial charge in [0.05, 0.1) is 5.56 Å². The standard InChI is InChI=1S/C13H18N2O4/c1-15(8-3-9-19-2)13(18)14-11-6-4-10(5-7-11)12(16)17/h4-7H,3,8-9H2,1-2H3,(H,14,18)(H,16,17). The van der Waals surface area contributed by atoms with E-state index >= 15 is 0 Å². The van der Waals surface area contributed by atoms with Crippen LogP contribution in [-0.4, -0.2) is 49.3 Å². The lowest BCUT2D eigenvalue weighted by Crippen LogP contribution is -2.32. The van der Waals surface area contributed by atoms with Crippen molar-refractivity contribution in [3.8, 4) is 0 Å². The zero-order valence-electron chi connectivity index (χ0n) is 11.0. The van der Waals surface area contributed by atoms with Crippen LogP contribution in [0.4, 0.5) is 10.5 Å². The second-order valence-corrected chi connectivity index (χ2v) is 4.08. The Morgan fingerprint density at radius 1 is 1.32 bits per heavy atom. The summed E-state index contributed by atoms with van der Waals surface area (Å²) in [6.07, 6.45) is 0.762. The largest absolute Gasteiger partial charge is 0.478 e. The third kappa shape index (κ3) is 4.97. The number of urea groups is 1. The summed E-state index contributed by atoms with van der Waals surface area (Å²) in [5.74, 6) is -0.991. The van der Waals surface area contributed by atoms with E-state index in [4.69, 9.17) is 9.84 Å². The van der Waals surface area contributed by atoms with E-state index in [0.29, 0.717) is 18.8 Å². The number of hydrogen-bond donors (Lipinski definition) is 2. The molecule has 6 heteroatoms. The molecule has 0 aliphatic rings. The minimum atomic E-state index is -0.991. The molecule has 0 bridgehead atoms. The molecule has 0 spiro atoms. The van der Waals surface area contributed by atoms with E-state index in [1.54, 1.807) is 31.2 Å². The maximum Gasteiger partial charge on any atom is 0.335 e. The summed E-state index contributed by atoms with van der Waals surface area (Å²) in [5.41, 5.74) is 0.750. The van der Waals surface area contributed by atoms with Gasteiger partial charge in [0.2, 0.25) is 0 Å². The molecule has 0 saturated heterocycles. The van der Waals surface area contributed by atoms with Gasteiger partial charge in [-0.05, 0) is 30.7 Å². The van der Waals surface area contributed by atoms with Crippen LogP contribution in [-0.2, 0) is 4.74 Å². The number of methoxy groups -OCH3 is 1. The van der Waals surface area contributed by atoms with E-state index in [9.17, 15) is 9.59 Å². The van der Waals surface area contributed by atoms with Crippen LogP contribution >= 0.6 is 0 Å². The molecule has 0 aromatic heterocycles. The second-order valence-electron chi connectivity index (χ2n) is 4.08. The van der Waals surface area contributed by atoms with Gasteiger partial charge in [-0.2, -0.15) is 0 Å². The monoisotopic (exact) mass is 266 g/mol.